The highest BCUT2D eigenvalue weighted by Gasteiger charge is 2.33. The average molecular weight is 263 g/mol. The molecule has 1 aliphatic rings. The summed E-state index contributed by atoms with van der Waals surface area (Å²) in [6.45, 7) is 1.87. The van der Waals surface area contributed by atoms with Gasteiger partial charge in [-0.3, -0.25) is 0 Å². The second-order valence-electron chi connectivity index (χ2n) is 5.19. The van der Waals surface area contributed by atoms with Crippen molar-refractivity contribution in [3.05, 3.63) is 0 Å². The lowest BCUT2D eigenvalue weighted by molar-refractivity contribution is -0.00541. The summed E-state index contributed by atoms with van der Waals surface area (Å²) in [6, 6.07) is 0.475. The van der Waals surface area contributed by atoms with E-state index in [0.717, 1.165) is 12.8 Å². The Morgan fingerprint density at radius 3 is 2.35 bits per heavy atom. The van der Waals surface area contributed by atoms with E-state index in [4.69, 9.17) is 0 Å². The van der Waals surface area contributed by atoms with Crippen molar-refractivity contribution in [2.45, 2.75) is 57.1 Å². The Kier molecular flexibility index (Phi) is 5.41. The van der Waals surface area contributed by atoms with E-state index >= 15 is 0 Å². The van der Waals surface area contributed by atoms with Crippen LogP contribution in [0.2, 0.25) is 0 Å². The molecule has 102 valence electrons. The number of rotatable bonds is 6. The van der Waals surface area contributed by atoms with Crippen LogP contribution in [0.3, 0.4) is 0 Å². The zero-order chi connectivity index (χ0) is 12.9. The predicted molar refractivity (Wildman–Crippen MR) is 69.8 cm³/mol. The molecular weight excluding hydrogens is 238 g/mol. The van der Waals surface area contributed by atoms with Crippen LogP contribution in [0.15, 0.2) is 0 Å². The molecule has 4 nitrogen and oxygen atoms in total. The molecule has 0 atom stereocenters. The normalized spacial score (nSPS) is 30.4. The maximum absolute atomic E-state index is 11.6. The Hall–Kier alpha value is -0.130. The molecule has 5 heteroatoms. The van der Waals surface area contributed by atoms with Gasteiger partial charge in [-0.05, 0) is 45.6 Å². The molecule has 1 rings (SSSR count). The van der Waals surface area contributed by atoms with Crippen molar-refractivity contribution in [2.24, 2.45) is 0 Å². The van der Waals surface area contributed by atoms with E-state index in [-0.39, 0.29) is 11.5 Å². The molecule has 0 unspecified atom stereocenters. The molecule has 0 saturated heterocycles. The topological polar surface area (TPSA) is 66.4 Å². The fourth-order valence-corrected chi connectivity index (χ4v) is 3.97. The van der Waals surface area contributed by atoms with E-state index < -0.39 is 15.4 Å². The summed E-state index contributed by atoms with van der Waals surface area (Å²) in [5, 5.41) is 13.5. The first-order valence-electron chi connectivity index (χ1n) is 6.51. The second kappa shape index (κ2) is 6.16. The highest BCUT2D eigenvalue weighted by atomic mass is 32.2. The molecule has 0 aromatic rings. The Bertz CT molecular complexity index is 319. The molecule has 0 bridgehead atoms. The third-order valence-electron chi connectivity index (χ3n) is 3.72. The van der Waals surface area contributed by atoms with Gasteiger partial charge in [0.15, 0.2) is 0 Å². The Balaban J connectivity index is 2.41. The Morgan fingerprint density at radius 1 is 1.29 bits per heavy atom. The van der Waals surface area contributed by atoms with Crippen molar-refractivity contribution >= 4 is 9.84 Å². The van der Waals surface area contributed by atoms with Crippen LogP contribution in [0.5, 0.6) is 0 Å². The number of aliphatic hydroxyl groups is 1. The minimum atomic E-state index is -2.96. The third kappa shape index (κ3) is 4.94. The van der Waals surface area contributed by atoms with Crippen molar-refractivity contribution in [2.75, 3.05) is 18.6 Å². The van der Waals surface area contributed by atoms with Gasteiger partial charge < -0.3 is 10.4 Å². The van der Waals surface area contributed by atoms with Crippen molar-refractivity contribution in [1.82, 2.24) is 5.32 Å². The van der Waals surface area contributed by atoms with Crippen LogP contribution in [-0.4, -0.2) is 43.7 Å². The van der Waals surface area contributed by atoms with Crippen LogP contribution < -0.4 is 5.32 Å². The van der Waals surface area contributed by atoms with Gasteiger partial charge >= 0.3 is 0 Å². The quantitative estimate of drug-likeness (QED) is 0.753. The third-order valence-corrected chi connectivity index (χ3v) is 5.57. The number of sulfone groups is 1. The predicted octanol–water partition coefficient (Wildman–Crippen LogP) is 1.09. The summed E-state index contributed by atoms with van der Waals surface area (Å²) < 4.78 is 23.2. The van der Waals surface area contributed by atoms with Gasteiger partial charge in [-0.25, -0.2) is 8.42 Å². The fourth-order valence-electron chi connectivity index (χ4n) is 2.45. The first kappa shape index (κ1) is 14.9. The van der Waals surface area contributed by atoms with Crippen LogP contribution >= 0.6 is 0 Å². The molecule has 0 radical (unpaired) electrons. The SMILES string of the molecule is CCCS(=O)(=O)CCC1(O)CCC(NC)CC1. The molecular formula is C12H25NO3S. The minimum Gasteiger partial charge on any atom is -0.390 e. The molecule has 0 aromatic heterocycles. The maximum Gasteiger partial charge on any atom is 0.150 e. The number of nitrogens with one attached hydrogen (secondary N) is 1. The van der Waals surface area contributed by atoms with Crippen LogP contribution in [0, 0.1) is 0 Å². The zero-order valence-corrected chi connectivity index (χ0v) is 11.7. The molecule has 0 amide bonds. The van der Waals surface area contributed by atoms with Crippen LogP contribution in [0.1, 0.15) is 45.4 Å². The Labute approximate surface area is 105 Å². The van der Waals surface area contributed by atoms with E-state index in [1.165, 1.54) is 0 Å². The summed E-state index contributed by atoms with van der Waals surface area (Å²) >= 11 is 0. The second-order valence-corrected chi connectivity index (χ2v) is 7.49. The van der Waals surface area contributed by atoms with Gasteiger partial charge in [0, 0.05) is 11.8 Å². The molecule has 1 aliphatic carbocycles. The molecule has 17 heavy (non-hydrogen) atoms. The van der Waals surface area contributed by atoms with Crippen molar-refractivity contribution < 1.29 is 13.5 Å². The smallest absolute Gasteiger partial charge is 0.150 e. The first-order chi connectivity index (χ1) is 7.91. The van der Waals surface area contributed by atoms with Gasteiger partial charge in [0.2, 0.25) is 0 Å². The van der Waals surface area contributed by atoms with Gasteiger partial charge in [-0.1, -0.05) is 6.92 Å². The minimum absolute atomic E-state index is 0.127. The van der Waals surface area contributed by atoms with E-state index in [1.54, 1.807) is 0 Å². The van der Waals surface area contributed by atoms with E-state index in [0.29, 0.717) is 31.7 Å². The van der Waals surface area contributed by atoms with Gasteiger partial charge in [0.1, 0.15) is 9.84 Å². The largest absolute Gasteiger partial charge is 0.390 e. The summed E-state index contributed by atoms with van der Waals surface area (Å²) in [6.07, 6.45) is 4.33. The first-order valence-corrected chi connectivity index (χ1v) is 8.33. The lowest BCUT2D eigenvalue weighted by Crippen LogP contribution is -2.41. The van der Waals surface area contributed by atoms with Gasteiger partial charge in [-0.15, -0.1) is 0 Å². The van der Waals surface area contributed by atoms with E-state index in [2.05, 4.69) is 5.32 Å². The standard InChI is InChI=1S/C12H25NO3S/c1-3-9-17(15,16)10-8-12(14)6-4-11(13-2)5-7-12/h11,13-14H,3-10H2,1-2H3. The highest BCUT2D eigenvalue weighted by molar-refractivity contribution is 7.91. The maximum atomic E-state index is 11.6. The van der Waals surface area contributed by atoms with Gasteiger partial charge in [-0.2, -0.15) is 0 Å². The van der Waals surface area contributed by atoms with Crippen LogP contribution in [0.25, 0.3) is 0 Å². The van der Waals surface area contributed by atoms with Crippen molar-refractivity contribution in [1.29, 1.82) is 0 Å². The monoisotopic (exact) mass is 263 g/mol. The van der Waals surface area contributed by atoms with E-state index in [1.807, 2.05) is 14.0 Å². The molecule has 0 aromatic carbocycles. The molecule has 0 spiro atoms. The molecule has 1 fully saturated rings. The number of hydrogen-bond acceptors (Lipinski definition) is 4. The van der Waals surface area contributed by atoms with Crippen molar-refractivity contribution in [3.8, 4) is 0 Å². The lowest BCUT2D eigenvalue weighted by Gasteiger charge is -2.36. The molecule has 0 heterocycles. The number of hydrogen-bond donors (Lipinski definition) is 2. The lowest BCUT2D eigenvalue weighted by atomic mass is 9.80. The summed E-state index contributed by atoms with van der Waals surface area (Å²) in [4.78, 5) is 0. The Morgan fingerprint density at radius 2 is 1.88 bits per heavy atom. The zero-order valence-electron chi connectivity index (χ0n) is 10.9. The van der Waals surface area contributed by atoms with Crippen molar-refractivity contribution in [3.63, 3.8) is 0 Å². The molecule has 2 N–H and O–H groups in total. The molecule has 0 aliphatic heterocycles. The summed E-state index contributed by atoms with van der Waals surface area (Å²) in [7, 11) is -1.03. The van der Waals surface area contributed by atoms with Crippen LogP contribution in [-0.2, 0) is 9.84 Å². The highest BCUT2D eigenvalue weighted by Crippen LogP contribution is 2.31. The van der Waals surface area contributed by atoms with E-state index in [9.17, 15) is 13.5 Å². The van der Waals surface area contributed by atoms with Gasteiger partial charge in [0.05, 0.1) is 11.4 Å². The fraction of sp³-hybridized carbons (Fsp3) is 1.00. The average Bonchev–Trinajstić information content (AvgIpc) is 2.28. The van der Waals surface area contributed by atoms with Crippen LogP contribution in [0.4, 0.5) is 0 Å². The summed E-state index contributed by atoms with van der Waals surface area (Å²) in [5.74, 6) is 0.365. The summed E-state index contributed by atoms with van der Waals surface area (Å²) in [5.41, 5.74) is -0.756. The van der Waals surface area contributed by atoms with Gasteiger partial charge in [0.25, 0.3) is 0 Å². The molecule has 1 saturated carbocycles.